The minimum Gasteiger partial charge on any atom is -0.480 e. The van der Waals surface area contributed by atoms with Crippen LogP contribution >= 0.6 is 11.6 Å². The van der Waals surface area contributed by atoms with Gasteiger partial charge in [0, 0.05) is 13.7 Å². The van der Waals surface area contributed by atoms with Crippen molar-refractivity contribution < 1.29 is 23.4 Å². The largest absolute Gasteiger partial charge is 0.480 e. The topological polar surface area (TPSA) is 122 Å². The van der Waals surface area contributed by atoms with Gasteiger partial charge in [-0.1, -0.05) is 11.6 Å². The molecular formula is C8H12ClN3O5S. The molecule has 0 saturated carbocycles. The van der Waals surface area contributed by atoms with E-state index in [4.69, 9.17) is 21.8 Å². The zero-order valence-corrected chi connectivity index (χ0v) is 10.9. The standard InChI is InChI=1S/C8H12ClN3O5S/c1-12-7(5(9)4-10-12)18(16,17)11-6(2-3-13)8(14)15/h4,6,11,13H,2-3H2,1H3,(H,14,15)/t6-/m0/s1. The van der Waals surface area contributed by atoms with E-state index in [9.17, 15) is 13.2 Å². The Morgan fingerprint density at radius 3 is 2.67 bits per heavy atom. The smallest absolute Gasteiger partial charge is 0.321 e. The van der Waals surface area contributed by atoms with Crippen molar-refractivity contribution in [1.29, 1.82) is 0 Å². The van der Waals surface area contributed by atoms with Crippen molar-refractivity contribution in [3.63, 3.8) is 0 Å². The van der Waals surface area contributed by atoms with Crippen LogP contribution in [-0.2, 0) is 21.9 Å². The van der Waals surface area contributed by atoms with Gasteiger partial charge in [0.15, 0.2) is 5.03 Å². The van der Waals surface area contributed by atoms with Crippen molar-refractivity contribution in [2.45, 2.75) is 17.5 Å². The van der Waals surface area contributed by atoms with Gasteiger partial charge in [0.05, 0.1) is 11.2 Å². The van der Waals surface area contributed by atoms with Crippen LogP contribution in [0.15, 0.2) is 11.2 Å². The number of carboxylic acids is 1. The number of aliphatic hydroxyl groups excluding tert-OH is 1. The summed E-state index contributed by atoms with van der Waals surface area (Å²) >= 11 is 5.67. The van der Waals surface area contributed by atoms with Crippen molar-refractivity contribution in [3.05, 3.63) is 11.2 Å². The molecule has 0 aromatic carbocycles. The fraction of sp³-hybridized carbons (Fsp3) is 0.500. The second-order valence-electron chi connectivity index (χ2n) is 3.45. The van der Waals surface area contributed by atoms with E-state index in [-0.39, 0.29) is 16.5 Å². The molecule has 0 spiro atoms. The number of carboxylic acid groups (broad SMARTS) is 1. The first kappa shape index (κ1) is 14.9. The van der Waals surface area contributed by atoms with Crippen LogP contribution in [-0.4, -0.2) is 47.0 Å². The van der Waals surface area contributed by atoms with Gasteiger partial charge >= 0.3 is 5.97 Å². The maximum absolute atomic E-state index is 11.9. The van der Waals surface area contributed by atoms with Crippen LogP contribution in [0.25, 0.3) is 0 Å². The Kier molecular flexibility index (Phi) is 4.68. The minimum atomic E-state index is -4.12. The van der Waals surface area contributed by atoms with E-state index in [1.54, 1.807) is 0 Å². The summed E-state index contributed by atoms with van der Waals surface area (Å²) in [5.74, 6) is -1.38. The second-order valence-corrected chi connectivity index (χ2v) is 5.48. The SMILES string of the molecule is Cn1ncc(Cl)c1S(=O)(=O)N[C@@H](CCO)C(=O)O. The first-order valence-electron chi connectivity index (χ1n) is 4.83. The summed E-state index contributed by atoms with van der Waals surface area (Å²) in [7, 11) is -2.75. The number of hydrogen-bond acceptors (Lipinski definition) is 5. The van der Waals surface area contributed by atoms with Gasteiger partial charge in [0.1, 0.15) is 6.04 Å². The van der Waals surface area contributed by atoms with E-state index in [2.05, 4.69) is 5.10 Å². The van der Waals surface area contributed by atoms with Gasteiger partial charge in [-0.2, -0.15) is 9.82 Å². The van der Waals surface area contributed by atoms with E-state index in [1.807, 2.05) is 4.72 Å². The van der Waals surface area contributed by atoms with Crippen LogP contribution in [0.4, 0.5) is 0 Å². The lowest BCUT2D eigenvalue weighted by Gasteiger charge is -2.13. The molecule has 0 saturated heterocycles. The normalized spacial score (nSPS) is 13.5. The molecule has 8 nitrogen and oxygen atoms in total. The van der Waals surface area contributed by atoms with E-state index in [0.717, 1.165) is 10.9 Å². The highest BCUT2D eigenvalue weighted by molar-refractivity contribution is 7.89. The predicted octanol–water partition coefficient (Wildman–Crippen LogP) is -0.813. The van der Waals surface area contributed by atoms with E-state index < -0.39 is 28.6 Å². The van der Waals surface area contributed by atoms with Crippen molar-refractivity contribution in [2.75, 3.05) is 6.61 Å². The van der Waals surface area contributed by atoms with Crippen LogP contribution in [0.1, 0.15) is 6.42 Å². The predicted molar refractivity (Wildman–Crippen MR) is 61.7 cm³/mol. The Hall–Kier alpha value is -1.16. The van der Waals surface area contributed by atoms with Crippen LogP contribution in [0.5, 0.6) is 0 Å². The van der Waals surface area contributed by atoms with Gasteiger partial charge in [0.2, 0.25) is 0 Å². The lowest BCUT2D eigenvalue weighted by molar-refractivity contribution is -0.139. The first-order valence-corrected chi connectivity index (χ1v) is 6.69. The molecular weight excluding hydrogens is 286 g/mol. The number of rotatable bonds is 6. The third kappa shape index (κ3) is 3.19. The number of aliphatic carboxylic acids is 1. The van der Waals surface area contributed by atoms with Gasteiger partial charge in [-0.3, -0.25) is 9.48 Å². The third-order valence-electron chi connectivity index (χ3n) is 2.11. The van der Waals surface area contributed by atoms with Crippen LogP contribution < -0.4 is 4.72 Å². The molecule has 1 aromatic rings. The number of aryl methyl sites for hydroxylation is 1. The number of sulfonamides is 1. The summed E-state index contributed by atoms with van der Waals surface area (Å²) < 4.78 is 26.8. The maximum atomic E-state index is 11.9. The summed E-state index contributed by atoms with van der Waals surface area (Å²) in [5.41, 5.74) is 0. The highest BCUT2D eigenvalue weighted by Crippen LogP contribution is 2.20. The van der Waals surface area contributed by atoms with Gasteiger partial charge in [-0.15, -0.1) is 0 Å². The van der Waals surface area contributed by atoms with Crippen LogP contribution in [0.3, 0.4) is 0 Å². The molecule has 10 heteroatoms. The molecule has 18 heavy (non-hydrogen) atoms. The highest BCUT2D eigenvalue weighted by Gasteiger charge is 2.29. The average molecular weight is 298 g/mol. The maximum Gasteiger partial charge on any atom is 0.321 e. The molecule has 102 valence electrons. The molecule has 0 amide bonds. The van der Waals surface area contributed by atoms with Gasteiger partial charge in [0.25, 0.3) is 10.0 Å². The Labute approximate surface area is 108 Å². The average Bonchev–Trinajstić information content (AvgIpc) is 2.58. The molecule has 1 atom stereocenters. The van der Waals surface area contributed by atoms with Crippen molar-refractivity contribution in [1.82, 2.24) is 14.5 Å². The zero-order valence-electron chi connectivity index (χ0n) is 9.37. The van der Waals surface area contributed by atoms with Gasteiger partial charge in [-0.05, 0) is 6.42 Å². The van der Waals surface area contributed by atoms with E-state index in [1.165, 1.54) is 7.05 Å². The van der Waals surface area contributed by atoms with E-state index in [0.29, 0.717) is 0 Å². The molecule has 0 fully saturated rings. The molecule has 3 N–H and O–H groups in total. The van der Waals surface area contributed by atoms with Crippen LogP contribution in [0, 0.1) is 0 Å². The monoisotopic (exact) mass is 297 g/mol. The summed E-state index contributed by atoms with van der Waals surface area (Å²) in [5, 5.41) is 20.7. The van der Waals surface area contributed by atoms with Crippen molar-refractivity contribution >= 4 is 27.6 Å². The van der Waals surface area contributed by atoms with Crippen LogP contribution in [0.2, 0.25) is 5.02 Å². The lowest BCUT2D eigenvalue weighted by Crippen LogP contribution is -2.41. The number of hydrogen-bond donors (Lipinski definition) is 3. The quantitative estimate of drug-likeness (QED) is 0.631. The molecule has 0 bridgehead atoms. The molecule has 1 rings (SSSR count). The molecule has 0 unspecified atom stereocenters. The summed E-state index contributed by atoms with van der Waals surface area (Å²) in [4.78, 5) is 10.8. The number of carbonyl (C=O) groups is 1. The number of halogens is 1. The Balaban J connectivity index is 3.05. The van der Waals surface area contributed by atoms with Crippen molar-refractivity contribution in [2.24, 2.45) is 7.05 Å². The number of aromatic nitrogens is 2. The molecule has 1 heterocycles. The molecule has 0 aliphatic heterocycles. The fourth-order valence-electron chi connectivity index (χ4n) is 1.31. The second kappa shape index (κ2) is 5.65. The molecule has 0 aliphatic rings. The Morgan fingerprint density at radius 2 is 2.28 bits per heavy atom. The zero-order chi connectivity index (χ0) is 13.9. The molecule has 1 aromatic heterocycles. The number of aliphatic hydroxyl groups is 1. The van der Waals surface area contributed by atoms with E-state index >= 15 is 0 Å². The summed E-state index contributed by atoms with van der Waals surface area (Å²) in [6.45, 7) is -0.460. The first-order chi connectivity index (χ1) is 8.29. The number of nitrogens with zero attached hydrogens (tertiary/aromatic N) is 2. The van der Waals surface area contributed by atoms with Crippen molar-refractivity contribution in [3.8, 4) is 0 Å². The molecule has 0 radical (unpaired) electrons. The highest BCUT2D eigenvalue weighted by atomic mass is 35.5. The minimum absolute atomic E-state index is 0.113. The van der Waals surface area contributed by atoms with Gasteiger partial charge < -0.3 is 10.2 Å². The molecule has 0 aliphatic carbocycles. The third-order valence-corrected chi connectivity index (χ3v) is 4.09. The number of nitrogens with one attached hydrogen (secondary N) is 1. The Bertz CT molecular complexity index is 521. The fourth-order valence-corrected chi connectivity index (χ4v) is 3.19. The summed E-state index contributed by atoms with van der Waals surface area (Å²) in [6, 6.07) is -1.43. The Morgan fingerprint density at radius 1 is 1.67 bits per heavy atom. The lowest BCUT2D eigenvalue weighted by atomic mass is 10.2. The van der Waals surface area contributed by atoms with Gasteiger partial charge in [-0.25, -0.2) is 8.42 Å². The summed E-state index contributed by atoms with van der Waals surface area (Å²) in [6.07, 6.45) is 0.891.